The van der Waals surface area contributed by atoms with Gasteiger partial charge in [0.2, 0.25) is 0 Å². The number of hydrogen-bond donors (Lipinski definition) is 2. The maximum absolute atomic E-state index is 10.2. The van der Waals surface area contributed by atoms with E-state index in [4.69, 9.17) is 10.2 Å². The van der Waals surface area contributed by atoms with Crippen molar-refractivity contribution in [2.24, 2.45) is 5.92 Å². The average molecular weight is 130 g/mol. The lowest BCUT2D eigenvalue weighted by Crippen LogP contribution is -2.10. The van der Waals surface area contributed by atoms with E-state index in [0.717, 1.165) is 0 Å². The van der Waals surface area contributed by atoms with Crippen LogP contribution in [0.15, 0.2) is 0 Å². The minimum atomic E-state index is -0.772. The van der Waals surface area contributed by atoms with Crippen molar-refractivity contribution < 1.29 is 15.0 Å². The lowest BCUT2D eigenvalue weighted by molar-refractivity contribution is -0.141. The third kappa shape index (κ3) is 1.42. The lowest BCUT2D eigenvalue weighted by Gasteiger charge is -1.99. The van der Waals surface area contributed by atoms with Crippen molar-refractivity contribution in [3.63, 3.8) is 0 Å². The zero-order valence-corrected chi connectivity index (χ0v) is 5.08. The molecule has 0 aromatic rings. The van der Waals surface area contributed by atoms with Crippen LogP contribution in [0.4, 0.5) is 0 Å². The van der Waals surface area contributed by atoms with Gasteiger partial charge in [-0.15, -0.1) is 0 Å². The molecule has 0 saturated heterocycles. The second kappa shape index (κ2) is 2.35. The van der Waals surface area contributed by atoms with Crippen LogP contribution < -0.4 is 0 Å². The summed E-state index contributed by atoms with van der Waals surface area (Å²) in [6, 6.07) is 0. The highest BCUT2D eigenvalue weighted by Crippen LogP contribution is 2.24. The monoisotopic (exact) mass is 130 g/mol. The Bertz CT molecular complexity index is 121. The zero-order valence-electron chi connectivity index (χ0n) is 5.08. The van der Waals surface area contributed by atoms with Gasteiger partial charge in [-0.05, 0) is 19.3 Å². The fourth-order valence-corrected chi connectivity index (χ4v) is 1.18. The van der Waals surface area contributed by atoms with Gasteiger partial charge in [-0.25, -0.2) is 0 Å². The predicted octanol–water partition coefficient (Wildman–Crippen LogP) is 0.232. The Morgan fingerprint density at radius 2 is 2.11 bits per heavy atom. The van der Waals surface area contributed by atoms with Crippen molar-refractivity contribution in [2.75, 3.05) is 0 Å². The van der Waals surface area contributed by atoms with Gasteiger partial charge in [-0.3, -0.25) is 4.79 Å². The van der Waals surface area contributed by atoms with E-state index in [2.05, 4.69) is 0 Å². The Labute approximate surface area is 53.3 Å². The van der Waals surface area contributed by atoms with Gasteiger partial charge in [-0.1, -0.05) is 0 Å². The van der Waals surface area contributed by atoms with Crippen molar-refractivity contribution in [1.29, 1.82) is 0 Å². The van der Waals surface area contributed by atoms with Gasteiger partial charge < -0.3 is 10.2 Å². The summed E-state index contributed by atoms with van der Waals surface area (Å²) in [4.78, 5) is 10.2. The molecular weight excluding hydrogens is 120 g/mol. The predicted molar refractivity (Wildman–Crippen MR) is 31.0 cm³/mol. The van der Waals surface area contributed by atoms with Gasteiger partial charge >= 0.3 is 5.97 Å². The highest BCUT2D eigenvalue weighted by atomic mass is 16.4. The second-order valence-electron chi connectivity index (χ2n) is 2.50. The maximum atomic E-state index is 10.2. The first-order valence-corrected chi connectivity index (χ1v) is 3.11. The number of aliphatic carboxylic acids is 1. The van der Waals surface area contributed by atoms with Crippen LogP contribution in [0, 0.1) is 5.92 Å². The quantitative estimate of drug-likeness (QED) is 0.534. The Hall–Kier alpha value is -0.570. The molecule has 9 heavy (non-hydrogen) atoms. The van der Waals surface area contributed by atoms with Crippen molar-refractivity contribution in [2.45, 2.75) is 25.4 Å². The Balaban J connectivity index is 2.39. The molecular formula is C6H10O3. The Morgan fingerprint density at radius 1 is 1.44 bits per heavy atom. The summed E-state index contributed by atoms with van der Waals surface area (Å²) in [6.45, 7) is 0. The third-order valence-corrected chi connectivity index (χ3v) is 1.75. The first-order chi connectivity index (χ1) is 4.20. The number of aliphatic hydroxyl groups is 1. The van der Waals surface area contributed by atoms with E-state index in [9.17, 15) is 4.79 Å². The molecule has 52 valence electrons. The molecule has 0 spiro atoms. The molecule has 0 amide bonds. The fraction of sp³-hybridized carbons (Fsp3) is 0.833. The second-order valence-corrected chi connectivity index (χ2v) is 2.50. The largest absolute Gasteiger partial charge is 0.481 e. The van der Waals surface area contributed by atoms with E-state index in [1.807, 2.05) is 0 Å². The van der Waals surface area contributed by atoms with Gasteiger partial charge in [0, 0.05) is 0 Å². The summed E-state index contributed by atoms with van der Waals surface area (Å²) >= 11 is 0. The van der Waals surface area contributed by atoms with E-state index in [0.29, 0.717) is 19.3 Å². The number of carboxylic acid groups (broad SMARTS) is 1. The number of carboxylic acids is 1. The SMILES string of the molecule is O=C(O)[C@@H]1CCC(O)C1. The smallest absolute Gasteiger partial charge is 0.306 e. The van der Waals surface area contributed by atoms with Crippen LogP contribution in [0.25, 0.3) is 0 Å². The molecule has 1 rings (SSSR count). The molecule has 0 bridgehead atoms. The molecule has 1 saturated carbocycles. The van der Waals surface area contributed by atoms with Gasteiger partial charge in [-0.2, -0.15) is 0 Å². The molecule has 1 unspecified atom stereocenters. The number of aliphatic hydroxyl groups excluding tert-OH is 1. The molecule has 1 aliphatic carbocycles. The van der Waals surface area contributed by atoms with Crippen LogP contribution in [-0.4, -0.2) is 22.3 Å². The summed E-state index contributed by atoms with van der Waals surface area (Å²) in [5.41, 5.74) is 0. The van der Waals surface area contributed by atoms with E-state index >= 15 is 0 Å². The van der Waals surface area contributed by atoms with Crippen molar-refractivity contribution >= 4 is 5.97 Å². The Kier molecular flexibility index (Phi) is 1.71. The topological polar surface area (TPSA) is 57.5 Å². The van der Waals surface area contributed by atoms with Crippen LogP contribution >= 0.6 is 0 Å². The standard InChI is InChI=1S/C6H10O3/c7-5-2-1-4(3-5)6(8)9/h4-5,7H,1-3H2,(H,8,9)/t4-,5?/m1/s1. The Morgan fingerprint density at radius 3 is 2.33 bits per heavy atom. The number of rotatable bonds is 1. The van der Waals surface area contributed by atoms with Crippen LogP contribution in [0.2, 0.25) is 0 Å². The molecule has 0 aromatic carbocycles. The maximum Gasteiger partial charge on any atom is 0.306 e. The molecule has 3 heteroatoms. The third-order valence-electron chi connectivity index (χ3n) is 1.75. The molecule has 1 fully saturated rings. The summed E-state index contributed by atoms with van der Waals surface area (Å²) in [5, 5.41) is 17.3. The van der Waals surface area contributed by atoms with Crippen molar-refractivity contribution in [3.05, 3.63) is 0 Å². The van der Waals surface area contributed by atoms with Crippen LogP contribution in [0.3, 0.4) is 0 Å². The average Bonchev–Trinajstić information content (AvgIpc) is 2.14. The zero-order chi connectivity index (χ0) is 6.85. The molecule has 0 aromatic heterocycles. The highest BCUT2D eigenvalue weighted by molar-refractivity contribution is 5.70. The molecule has 0 heterocycles. The molecule has 0 radical (unpaired) electrons. The summed E-state index contributed by atoms with van der Waals surface area (Å²) in [5.74, 6) is -1.06. The van der Waals surface area contributed by atoms with Gasteiger partial charge in [0.15, 0.2) is 0 Å². The minimum absolute atomic E-state index is 0.292. The molecule has 3 nitrogen and oxygen atoms in total. The van der Waals surface area contributed by atoms with E-state index < -0.39 is 5.97 Å². The van der Waals surface area contributed by atoms with Gasteiger partial charge in [0.1, 0.15) is 0 Å². The van der Waals surface area contributed by atoms with E-state index in [1.54, 1.807) is 0 Å². The molecule has 1 aliphatic rings. The van der Waals surface area contributed by atoms with E-state index in [-0.39, 0.29) is 12.0 Å². The lowest BCUT2D eigenvalue weighted by atomic mass is 10.1. The van der Waals surface area contributed by atoms with Crippen molar-refractivity contribution in [1.82, 2.24) is 0 Å². The molecule has 2 atom stereocenters. The summed E-state index contributed by atoms with van der Waals surface area (Å²) in [7, 11) is 0. The molecule has 2 N–H and O–H groups in total. The molecule has 0 aliphatic heterocycles. The highest BCUT2D eigenvalue weighted by Gasteiger charge is 2.27. The van der Waals surface area contributed by atoms with Gasteiger partial charge in [0.25, 0.3) is 0 Å². The first-order valence-electron chi connectivity index (χ1n) is 3.11. The van der Waals surface area contributed by atoms with E-state index in [1.165, 1.54) is 0 Å². The number of hydrogen-bond acceptors (Lipinski definition) is 2. The van der Waals surface area contributed by atoms with Crippen LogP contribution in [0.5, 0.6) is 0 Å². The fourth-order valence-electron chi connectivity index (χ4n) is 1.18. The normalized spacial score (nSPS) is 34.8. The van der Waals surface area contributed by atoms with Crippen LogP contribution in [0.1, 0.15) is 19.3 Å². The van der Waals surface area contributed by atoms with Crippen molar-refractivity contribution in [3.8, 4) is 0 Å². The van der Waals surface area contributed by atoms with Crippen LogP contribution in [-0.2, 0) is 4.79 Å². The minimum Gasteiger partial charge on any atom is -0.481 e. The van der Waals surface area contributed by atoms with Gasteiger partial charge in [0.05, 0.1) is 12.0 Å². The first kappa shape index (κ1) is 6.55. The summed E-state index contributed by atoms with van der Waals surface area (Å²) < 4.78 is 0. The number of carbonyl (C=O) groups is 1. The summed E-state index contributed by atoms with van der Waals surface area (Å²) in [6.07, 6.45) is 1.36.